The molecule has 0 bridgehead atoms. The van der Waals surface area contributed by atoms with Crippen LogP contribution in [0.4, 0.5) is 0 Å². The Morgan fingerprint density at radius 2 is 1.82 bits per heavy atom. The minimum Gasteiger partial charge on any atom is -0.438 e. The fourth-order valence-corrected chi connectivity index (χ4v) is 2.27. The zero-order valence-corrected chi connectivity index (χ0v) is 12.2. The topological polar surface area (TPSA) is 55.1 Å². The van der Waals surface area contributed by atoms with Crippen LogP contribution in [0.25, 0.3) is 11.3 Å². The highest BCUT2D eigenvalue weighted by atomic mass is 16.3. The minimum absolute atomic E-state index is 0.236. The first-order chi connectivity index (χ1) is 10.8. The van der Waals surface area contributed by atoms with E-state index in [1.165, 1.54) is 6.39 Å². The molecule has 0 aliphatic rings. The van der Waals surface area contributed by atoms with Gasteiger partial charge in [0.2, 0.25) is 5.76 Å². The molecular formula is C18H16N2O2. The zero-order chi connectivity index (χ0) is 15.4. The predicted molar refractivity (Wildman–Crippen MR) is 84.3 cm³/mol. The molecule has 1 N–H and O–H groups in total. The maximum atomic E-state index is 12.3. The summed E-state index contributed by atoms with van der Waals surface area (Å²) in [7, 11) is 0. The lowest BCUT2D eigenvalue weighted by molar-refractivity contribution is 0.0924. The van der Waals surface area contributed by atoms with E-state index in [-0.39, 0.29) is 11.7 Å². The molecule has 0 saturated carbocycles. The van der Waals surface area contributed by atoms with Crippen LogP contribution in [0.15, 0.2) is 65.4 Å². The van der Waals surface area contributed by atoms with Gasteiger partial charge in [0.1, 0.15) is 5.69 Å². The molecule has 4 nitrogen and oxygen atoms in total. The van der Waals surface area contributed by atoms with Crippen molar-refractivity contribution in [3.63, 3.8) is 0 Å². The van der Waals surface area contributed by atoms with Crippen molar-refractivity contribution in [2.45, 2.75) is 13.5 Å². The summed E-state index contributed by atoms with van der Waals surface area (Å²) in [5.74, 6) is -0.0283. The van der Waals surface area contributed by atoms with Gasteiger partial charge in [0.05, 0.1) is 0 Å². The highest BCUT2D eigenvalue weighted by Gasteiger charge is 2.18. The van der Waals surface area contributed by atoms with E-state index in [9.17, 15) is 4.79 Å². The number of hydrogen-bond acceptors (Lipinski definition) is 3. The second kappa shape index (κ2) is 6.26. The summed E-state index contributed by atoms with van der Waals surface area (Å²) in [5, 5.41) is 2.88. The molecule has 110 valence electrons. The van der Waals surface area contributed by atoms with Crippen molar-refractivity contribution in [2.75, 3.05) is 0 Å². The summed E-state index contributed by atoms with van der Waals surface area (Å²) in [6.45, 7) is 2.48. The number of nitrogens with one attached hydrogen (secondary N) is 1. The van der Waals surface area contributed by atoms with Crippen molar-refractivity contribution in [3.8, 4) is 11.3 Å². The van der Waals surface area contributed by atoms with E-state index in [0.29, 0.717) is 12.2 Å². The van der Waals surface area contributed by atoms with Crippen LogP contribution in [-0.4, -0.2) is 10.9 Å². The Morgan fingerprint density at radius 3 is 2.59 bits per heavy atom. The summed E-state index contributed by atoms with van der Waals surface area (Å²) in [5.41, 5.74) is 3.64. The number of aromatic nitrogens is 1. The van der Waals surface area contributed by atoms with Crippen molar-refractivity contribution >= 4 is 5.91 Å². The average molecular weight is 292 g/mol. The Morgan fingerprint density at radius 1 is 1.09 bits per heavy atom. The molecule has 0 spiro atoms. The molecule has 1 aromatic heterocycles. The van der Waals surface area contributed by atoms with Crippen LogP contribution in [0, 0.1) is 6.92 Å². The van der Waals surface area contributed by atoms with Crippen LogP contribution in [0.5, 0.6) is 0 Å². The van der Waals surface area contributed by atoms with Gasteiger partial charge in [-0.2, -0.15) is 0 Å². The molecule has 3 rings (SSSR count). The summed E-state index contributed by atoms with van der Waals surface area (Å²) >= 11 is 0. The standard InChI is InChI=1S/C18H16N2O2/c1-13-7-5-6-10-15(13)11-19-18(21)17-16(20-12-22-17)14-8-3-2-4-9-14/h2-10,12H,11H2,1H3,(H,19,21). The van der Waals surface area contributed by atoms with Gasteiger partial charge in [0.25, 0.3) is 5.91 Å². The Balaban J connectivity index is 1.77. The van der Waals surface area contributed by atoms with Crippen LogP contribution in [-0.2, 0) is 6.54 Å². The monoisotopic (exact) mass is 292 g/mol. The first-order valence-corrected chi connectivity index (χ1v) is 7.07. The zero-order valence-electron chi connectivity index (χ0n) is 12.2. The van der Waals surface area contributed by atoms with Gasteiger partial charge < -0.3 is 9.73 Å². The molecule has 0 aliphatic carbocycles. The van der Waals surface area contributed by atoms with E-state index in [0.717, 1.165) is 16.7 Å². The van der Waals surface area contributed by atoms with Crippen molar-refractivity contribution in [1.82, 2.24) is 10.3 Å². The second-order valence-corrected chi connectivity index (χ2v) is 5.01. The smallest absolute Gasteiger partial charge is 0.289 e. The lowest BCUT2D eigenvalue weighted by atomic mass is 10.1. The molecular weight excluding hydrogens is 276 g/mol. The summed E-state index contributed by atoms with van der Waals surface area (Å²) < 4.78 is 5.28. The number of rotatable bonds is 4. The van der Waals surface area contributed by atoms with Crippen LogP contribution in [0.3, 0.4) is 0 Å². The quantitative estimate of drug-likeness (QED) is 0.799. The molecule has 0 unspecified atom stereocenters. The molecule has 1 amide bonds. The molecule has 2 aromatic carbocycles. The number of nitrogens with zero attached hydrogens (tertiary/aromatic N) is 1. The number of carbonyl (C=O) groups excluding carboxylic acids is 1. The van der Waals surface area contributed by atoms with Crippen LogP contribution in [0.2, 0.25) is 0 Å². The first kappa shape index (κ1) is 14.1. The second-order valence-electron chi connectivity index (χ2n) is 5.01. The SMILES string of the molecule is Cc1ccccc1CNC(=O)c1ocnc1-c1ccccc1. The van der Waals surface area contributed by atoms with Crippen LogP contribution < -0.4 is 5.32 Å². The maximum absolute atomic E-state index is 12.3. The fourth-order valence-electron chi connectivity index (χ4n) is 2.27. The lowest BCUT2D eigenvalue weighted by Gasteiger charge is -2.07. The van der Waals surface area contributed by atoms with E-state index < -0.39 is 0 Å². The molecule has 0 radical (unpaired) electrons. The van der Waals surface area contributed by atoms with Gasteiger partial charge in [0.15, 0.2) is 6.39 Å². The van der Waals surface area contributed by atoms with Gasteiger partial charge >= 0.3 is 0 Å². The van der Waals surface area contributed by atoms with Crippen LogP contribution >= 0.6 is 0 Å². The number of aryl methyl sites for hydroxylation is 1. The molecule has 22 heavy (non-hydrogen) atoms. The van der Waals surface area contributed by atoms with Gasteiger partial charge in [-0.15, -0.1) is 0 Å². The van der Waals surface area contributed by atoms with E-state index in [4.69, 9.17) is 4.42 Å². The third-order valence-corrected chi connectivity index (χ3v) is 3.52. The van der Waals surface area contributed by atoms with Gasteiger partial charge in [-0.05, 0) is 18.1 Å². The number of oxazole rings is 1. The molecule has 0 saturated heterocycles. The Bertz CT molecular complexity index is 779. The van der Waals surface area contributed by atoms with Crippen molar-refractivity contribution in [1.29, 1.82) is 0 Å². The number of carbonyl (C=O) groups is 1. The highest BCUT2D eigenvalue weighted by molar-refractivity contribution is 5.97. The Labute approximate surface area is 128 Å². The molecule has 0 aliphatic heterocycles. The number of hydrogen-bond donors (Lipinski definition) is 1. The molecule has 1 heterocycles. The van der Waals surface area contributed by atoms with Gasteiger partial charge in [0, 0.05) is 12.1 Å². The summed E-state index contributed by atoms with van der Waals surface area (Å²) in [6.07, 6.45) is 1.30. The van der Waals surface area contributed by atoms with E-state index in [1.807, 2.05) is 61.5 Å². The van der Waals surface area contributed by atoms with Crippen LogP contribution in [0.1, 0.15) is 21.7 Å². The van der Waals surface area contributed by atoms with Gasteiger partial charge in [-0.1, -0.05) is 54.6 Å². The molecule has 0 atom stereocenters. The largest absolute Gasteiger partial charge is 0.438 e. The number of benzene rings is 2. The maximum Gasteiger partial charge on any atom is 0.289 e. The van der Waals surface area contributed by atoms with Crippen molar-refractivity contribution in [2.24, 2.45) is 0 Å². The molecule has 4 heteroatoms. The van der Waals surface area contributed by atoms with Crippen molar-refractivity contribution < 1.29 is 9.21 Å². The minimum atomic E-state index is -0.264. The lowest BCUT2D eigenvalue weighted by Crippen LogP contribution is -2.23. The summed E-state index contributed by atoms with van der Waals surface area (Å²) in [4.78, 5) is 16.5. The summed E-state index contributed by atoms with van der Waals surface area (Å²) in [6, 6.07) is 17.5. The van der Waals surface area contributed by atoms with E-state index in [2.05, 4.69) is 10.3 Å². The Hall–Kier alpha value is -2.88. The normalized spacial score (nSPS) is 10.4. The number of amides is 1. The first-order valence-electron chi connectivity index (χ1n) is 7.07. The Kier molecular flexibility index (Phi) is 4.01. The fraction of sp³-hybridized carbons (Fsp3) is 0.111. The molecule has 0 fully saturated rings. The van der Waals surface area contributed by atoms with Gasteiger partial charge in [-0.3, -0.25) is 4.79 Å². The third kappa shape index (κ3) is 2.91. The van der Waals surface area contributed by atoms with E-state index >= 15 is 0 Å². The van der Waals surface area contributed by atoms with Gasteiger partial charge in [-0.25, -0.2) is 4.98 Å². The average Bonchev–Trinajstić information content (AvgIpc) is 3.04. The van der Waals surface area contributed by atoms with Crippen molar-refractivity contribution in [3.05, 3.63) is 77.9 Å². The predicted octanol–water partition coefficient (Wildman–Crippen LogP) is 3.58. The van der Waals surface area contributed by atoms with E-state index in [1.54, 1.807) is 0 Å². The molecule has 3 aromatic rings. The third-order valence-electron chi connectivity index (χ3n) is 3.52. The highest BCUT2D eigenvalue weighted by Crippen LogP contribution is 2.21.